The normalized spacial score (nSPS) is 27.6. The molecule has 1 aromatic carbocycles. The number of amides is 1. The Kier molecular flexibility index (Phi) is 3.18. The third-order valence-corrected chi connectivity index (χ3v) is 5.19. The average Bonchev–Trinajstić information content (AvgIpc) is 2.92. The smallest absolute Gasteiger partial charge is 0.248 e. The molecule has 0 saturated carbocycles. The Labute approximate surface area is 124 Å². The second-order valence-corrected chi connectivity index (χ2v) is 6.73. The Hall–Kier alpha value is -1.26. The van der Waals surface area contributed by atoms with Crippen LogP contribution in [0.25, 0.3) is 0 Å². The standard InChI is InChI=1S/C15H20ClN3O/c1-15(2)11-7-18-6-10(11)8-19(15)13-4-3-9(14(17)20)5-12(13)16/h3-5,10-11,18H,6-8H2,1-2H3,(H2,17,20). The molecule has 2 saturated heterocycles. The number of primary amides is 1. The van der Waals surface area contributed by atoms with Crippen LogP contribution in [0.15, 0.2) is 18.2 Å². The average molecular weight is 294 g/mol. The number of halogens is 1. The van der Waals surface area contributed by atoms with E-state index in [4.69, 9.17) is 17.3 Å². The molecule has 3 rings (SSSR count). The molecule has 0 aromatic heterocycles. The first-order valence-electron chi connectivity index (χ1n) is 6.99. The minimum Gasteiger partial charge on any atom is -0.366 e. The lowest BCUT2D eigenvalue weighted by atomic mass is 9.84. The molecule has 3 N–H and O–H groups in total. The van der Waals surface area contributed by atoms with Gasteiger partial charge in [-0.2, -0.15) is 0 Å². The van der Waals surface area contributed by atoms with Crippen molar-refractivity contribution < 1.29 is 4.79 Å². The zero-order valence-corrected chi connectivity index (χ0v) is 12.6. The van der Waals surface area contributed by atoms with Gasteiger partial charge in [-0.15, -0.1) is 0 Å². The van der Waals surface area contributed by atoms with Gasteiger partial charge in [-0.1, -0.05) is 11.6 Å². The van der Waals surface area contributed by atoms with E-state index in [0.717, 1.165) is 25.3 Å². The maximum Gasteiger partial charge on any atom is 0.248 e. The largest absolute Gasteiger partial charge is 0.366 e. The van der Waals surface area contributed by atoms with Gasteiger partial charge >= 0.3 is 0 Å². The molecular weight excluding hydrogens is 274 g/mol. The molecule has 0 spiro atoms. The van der Waals surface area contributed by atoms with Crippen molar-refractivity contribution in [3.05, 3.63) is 28.8 Å². The number of hydrogen-bond acceptors (Lipinski definition) is 3. The second kappa shape index (κ2) is 4.64. The van der Waals surface area contributed by atoms with Gasteiger partial charge in [-0.05, 0) is 43.9 Å². The van der Waals surface area contributed by atoms with Crippen LogP contribution in [0.2, 0.25) is 5.02 Å². The highest BCUT2D eigenvalue weighted by atomic mass is 35.5. The maximum absolute atomic E-state index is 11.2. The lowest BCUT2D eigenvalue weighted by molar-refractivity contribution is 0.100. The molecule has 0 radical (unpaired) electrons. The fraction of sp³-hybridized carbons (Fsp3) is 0.533. The van der Waals surface area contributed by atoms with Crippen molar-refractivity contribution in [2.24, 2.45) is 17.6 Å². The van der Waals surface area contributed by atoms with Gasteiger partial charge in [0.25, 0.3) is 0 Å². The molecule has 2 heterocycles. The Balaban J connectivity index is 1.95. The predicted octanol–water partition coefficient (Wildman–Crippen LogP) is 1.87. The highest BCUT2D eigenvalue weighted by Crippen LogP contribution is 2.45. The number of rotatable bonds is 2. The summed E-state index contributed by atoms with van der Waals surface area (Å²) in [5.41, 5.74) is 6.81. The summed E-state index contributed by atoms with van der Waals surface area (Å²) in [6.07, 6.45) is 0. The Bertz CT molecular complexity index is 558. The fourth-order valence-corrected chi connectivity index (χ4v) is 3.99. The van der Waals surface area contributed by atoms with Crippen molar-refractivity contribution >= 4 is 23.2 Å². The van der Waals surface area contributed by atoms with Crippen molar-refractivity contribution in [3.8, 4) is 0 Å². The van der Waals surface area contributed by atoms with Gasteiger partial charge in [-0.25, -0.2) is 0 Å². The van der Waals surface area contributed by atoms with Crippen LogP contribution >= 0.6 is 11.6 Å². The molecule has 2 aliphatic rings. The molecule has 1 aromatic rings. The Morgan fingerprint density at radius 3 is 2.80 bits per heavy atom. The van der Waals surface area contributed by atoms with Crippen molar-refractivity contribution in [1.82, 2.24) is 5.32 Å². The molecule has 0 aliphatic carbocycles. The highest BCUT2D eigenvalue weighted by Gasteiger charge is 2.49. The number of nitrogens with zero attached hydrogens (tertiary/aromatic N) is 1. The molecule has 2 aliphatic heterocycles. The van der Waals surface area contributed by atoms with Crippen molar-refractivity contribution in [2.75, 3.05) is 24.5 Å². The summed E-state index contributed by atoms with van der Waals surface area (Å²) in [7, 11) is 0. The van der Waals surface area contributed by atoms with Gasteiger partial charge in [0.2, 0.25) is 5.91 Å². The van der Waals surface area contributed by atoms with E-state index in [0.29, 0.717) is 22.4 Å². The number of carbonyl (C=O) groups excluding carboxylic acids is 1. The van der Waals surface area contributed by atoms with E-state index in [1.807, 2.05) is 6.07 Å². The Morgan fingerprint density at radius 2 is 2.20 bits per heavy atom. The minimum absolute atomic E-state index is 0.0616. The predicted molar refractivity (Wildman–Crippen MR) is 81.2 cm³/mol. The summed E-state index contributed by atoms with van der Waals surface area (Å²) in [4.78, 5) is 13.6. The van der Waals surface area contributed by atoms with E-state index in [1.165, 1.54) is 0 Å². The highest BCUT2D eigenvalue weighted by molar-refractivity contribution is 6.33. The van der Waals surface area contributed by atoms with Crippen molar-refractivity contribution in [2.45, 2.75) is 19.4 Å². The summed E-state index contributed by atoms with van der Waals surface area (Å²) in [5, 5.41) is 4.07. The monoisotopic (exact) mass is 293 g/mol. The van der Waals surface area contributed by atoms with E-state index in [9.17, 15) is 4.79 Å². The second-order valence-electron chi connectivity index (χ2n) is 6.32. The van der Waals surface area contributed by atoms with Crippen LogP contribution in [0.4, 0.5) is 5.69 Å². The minimum atomic E-state index is -0.444. The molecule has 108 valence electrons. The summed E-state index contributed by atoms with van der Waals surface area (Å²) in [6.45, 7) is 7.67. The van der Waals surface area contributed by atoms with Gasteiger partial charge in [0.15, 0.2) is 0 Å². The number of fused-ring (bicyclic) bond motifs is 1. The van der Waals surface area contributed by atoms with Gasteiger partial charge in [0.05, 0.1) is 10.7 Å². The number of nitrogens with two attached hydrogens (primary N) is 1. The topological polar surface area (TPSA) is 58.4 Å². The molecule has 2 atom stereocenters. The maximum atomic E-state index is 11.2. The number of nitrogens with one attached hydrogen (secondary N) is 1. The zero-order chi connectivity index (χ0) is 14.5. The number of carbonyl (C=O) groups is 1. The number of hydrogen-bond donors (Lipinski definition) is 2. The van der Waals surface area contributed by atoms with Crippen LogP contribution in [-0.4, -0.2) is 31.1 Å². The van der Waals surface area contributed by atoms with Crippen LogP contribution in [0, 0.1) is 11.8 Å². The van der Waals surface area contributed by atoms with Crippen LogP contribution in [0.3, 0.4) is 0 Å². The molecule has 4 nitrogen and oxygen atoms in total. The number of anilines is 1. The molecular formula is C15H20ClN3O. The first kappa shape index (κ1) is 13.7. The van der Waals surface area contributed by atoms with Crippen LogP contribution < -0.4 is 16.0 Å². The number of benzene rings is 1. The van der Waals surface area contributed by atoms with Crippen molar-refractivity contribution in [3.63, 3.8) is 0 Å². The molecule has 2 unspecified atom stereocenters. The molecule has 2 fully saturated rings. The van der Waals surface area contributed by atoms with E-state index < -0.39 is 5.91 Å². The first-order chi connectivity index (χ1) is 9.41. The first-order valence-corrected chi connectivity index (χ1v) is 7.37. The summed E-state index contributed by atoms with van der Waals surface area (Å²) < 4.78 is 0. The third-order valence-electron chi connectivity index (χ3n) is 4.88. The van der Waals surface area contributed by atoms with Gasteiger partial charge in [-0.3, -0.25) is 4.79 Å². The molecule has 5 heteroatoms. The zero-order valence-electron chi connectivity index (χ0n) is 11.8. The van der Waals surface area contributed by atoms with E-state index in [-0.39, 0.29) is 5.54 Å². The SMILES string of the molecule is CC1(C)C2CNCC2CN1c1ccc(C(N)=O)cc1Cl. The van der Waals surface area contributed by atoms with Crippen LogP contribution in [-0.2, 0) is 0 Å². The lowest BCUT2D eigenvalue weighted by Gasteiger charge is -2.38. The molecule has 0 bridgehead atoms. The van der Waals surface area contributed by atoms with E-state index in [1.54, 1.807) is 12.1 Å². The lowest BCUT2D eigenvalue weighted by Crippen LogP contribution is -2.44. The third kappa shape index (κ3) is 1.98. The Morgan fingerprint density at radius 1 is 1.45 bits per heavy atom. The quantitative estimate of drug-likeness (QED) is 0.875. The van der Waals surface area contributed by atoms with Crippen LogP contribution in [0.5, 0.6) is 0 Å². The summed E-state index contributed by atoms with van der Waals surface area (Å²) in [6, 6.07) is 5.34. The van der Waals surface area contributed by atoms with Gasteiger partial charge in [0.1, 0.15) is 0 Å². The molecule has 1 amide bonds. The van der Waals surface area contributed by atoms with Crippen molar-refractivity contribution in [1.29, 1.82) is 0 Å². The van der Waals surface area contributed by atoms with Gasteiger partial charge in [0, 0.05) is 30.7 Å². The summed E-state index contributed by atoms with van der Waals surface area (Å²) in [5.74, 6) is 0.853. The van der Waals surface area contributed by atoms with E-state index in [2.05, 4.69) is 24.1 Å². The fourth-order valence-electron chi connectivity index (χ4n) is 3.71. The molecule has 20 heavy (non-hydrogen) atoms. The summed E-state index contributed by atoms with van der Waals surface area (Å²) >= 11 is 6.37. The van der Waals surface area contributed by atoms with E-state index >= 15 is 0 Å². The van der Waals surface area contributed by atoms with Gasteiger partial charge < -0.3 is 16.0 Å². The van der Waals surface area contributed by atoms with Crippen LogP contribution in [0.1, 0.15) is 24.2 Å².